The minimum absolute atomic E-state index is 0.126. The molecule has 0 aromatic heterocycles. The molecule has 1 rings (SSSR count). The highest BCUT2D eigenvalue weighted by atomic mass is 16.5. The second kappa shape index (κ2) is 5.99. The molecule has 0 spiro atoms. The third kappa shape index (κ3) is 3.19. The number of nitrogens with two attached hydrogens (primary N) is 1. The normalized spacial score (nSPS) is 22.1. The lowest BCUT2D eigenvalue weighted by Gasteiger charge is -2.44. The fraction of sp³-hybridized carbons (Fsp3) is 1.00. The molecule has 2 atom stereocenters. The van der Waals surface area contributed by atoms with Crippen molar-refractivity contribution in [2.45, 2.75) is 51.6 Å². The molecule has 0 amide bonds. The Labute approximate surface area is 100 Å². The molecule has 3 heteroatoms. The molecule has 1 aliphatic rings. The van der Waals surface area contributed by atoms with Crippen molar-refractivity contribution in [2.75, 3.05) is 26.8 Å². The Morgan fingerprint density at radius 3 is 2.50 bits per heavy atom. The maximum atomic E-state index is 5.97. The van der Waals surface area contributed by atoms with E-state index in [1.54, 1.807) is 7.11 Å². The second-order valence-electron chi connectivity index (χ2n) is 5.32. The largest absolute Gasteiger partial charge is 0.383 e. The van der Waals surface area contributed by atoms with Crippen LogP contribution in [0.3, 0.4) is 0 Å². The van der Waals surface area contributed by atoms with Crippen molar-refractivity contribution < 1.29 is 4.74 Å². The topological polar surface area (TPSA) is 38.5 Å². The van der Waals surface area contributed by atoms with Gasteiger partial charge in [0.1, 0.15) is 0 Å². The standard InChI is InChI=1S/C13H28N2O/c1-5-13(3,10-14)15(8-9-16-4)11(2)12-6-7-12/h11-12H,5-10,14H2,1-4H3. The molecule has 2 unspecified atom stereocenters. The monoisotopic (exact) mass is 228 g/mol. The van der Waals surface area contributed by atoms with Crippen LogP contribution >= 0.6 is 0 Å². The zero-order chi connectivity index (χ0) is 12.2. The van der Waals surface area contributed by atoms with Gasteiger partial charge in [-0.3, -0.25) is 4.90 Å². The summed E-state index contributed by atoms with van der Waals surface area (Å²) in [6, 6.07) is 0.642. The summed E-state index contributed by atoms with van der Waals surface area (Å²) in [6.45, 7) is 9.37. The van der Waals surface area contributed by atoms with E-state index in [9.17, 15) is 0 Å². The Morgan fingerprint density at radius 2 is 2.12 bits per heavy atom. The maximum Gasteiger partial charge on any atom is 0.0590 e. The van der Waals surface area contributed by atoms with Crippen molar-refractivity contribution in [3.8, 4) is 0 Å². The zero-order valence-corrected chi connectivity index (χ0v) is 11.3. The van der Waals surface area contributed by atoms with Gasteiger partial charge in [0.2, 0.25) is 0 Å². The molecule has 1 aliphatic carbocycles. The molecule has 16 heavy (non-hydrogen) atoms. The Bertz CT molecular complexity index is 200. The van der Waals surface area contributed by atoms with Crippen LogP contribution in [0.25, 0.3) is 0 Å². The van der Waals surface area contributed by atoms with Crippen LogP contribution in [0.1, 0.15) is 40.0 Å². The molecule has 0 aliphatic heterocycles. The number of methoxy groups -OCH3 is 1. The van der Waals surface area contributed by atoms with Crippen molar-refractivity contribution >= 4 is 0 Å². The second-order valence-corrected chi connectivity index (χ2v) is 5.32. The van der Waals surface area contributed by atoms with E-state index < -0.39 is 0 Å². The Morgan fingerprint density at radius 1 is 1.50 bits per heavy atom. The highest BCUT2D eigenvalue weighted by molar-refractivity contribution is 4.94. The Balaban J connectivity index is 2.67. The number of rotatable bonds is 8. The summed E-state index contributed by atoms with van der Waals surface area (Å²) in [5.41, 5.74) is 6.09. The molecule has 2 N–H and O–H groups in total. The van der Waals surface area contributed by atoms with E-state index in [1.807, 2.05) is 0 Å². The van der Waals surface area contributed by atoms with Gasteiger partial charge in [-0.15, -0.1) is 0 Å². The third-order valence-corrected chi connectivity index (χ3v) is 4.23. The average molecular weight is 228 g/mol. The summed E-state index contributed by atoms with van der Waals surface area (Å²) in [5, 5.41) is 0. The van der Waals surface area contributed by atoms with Crippen molar-refractivity contribution in [3.05, 3.63) is 0 Å². The van der Waals surface area contributed by atoms with Crippen molar-refractivity contribution in [1.29, 1.82) is 0 Å². The predicted molar refractivity (Wildman–Crippen MR) is 68.5 cm³/mol. The van der Waals surface area contributed by atoms with Crippen LogP contribution in [0.15, 0.2) is 0 Å². The van der Waals surface area contributed by atoms with E-state index in [0.717, 1.165) is 32.0 Å². The lowest BCUT2D eigenvalue weighted by atomic mass is 9.93. The molecular weight excluding hydrogens is 200 g/mol. The summed E-state index contributed by atoms with van der Waals surface area (Å²) >= 11 is 0. The molecule has 0 aromatic rings. The molecular formula is C13H28N2O. The van der Waals surface area contributed by atoms with Crippen LogP contribution in [0.5, 0.6) is 0 Å². The first-order valence-corrected chi connectivity index (χ1v) is 6.54. The van der Waals surface area contributed by atoms with E-state index in [4.69, 9.17) is 10.5 Å². The van der Waals surface area contributed by atoms with Gasteiger partial charge in [-0.25, -0.2) is 0 Å². The number of ether oxygens (including phenoxy) is 1. The molecule has 96 valence electrons. The first-order chi connectivity index (χ1) is 7.59. The molecule has 0 bridgehead atoms. The highest BCUT2D eigenvalue weighted by Gasteiger charge is 2.39. The van der Waals surface area contributed by atoms with Gasteiger partial charge >= 0.3 is 0 Å². The molecule has 1 fully saturated rings. The van der Waals surface area contributed by atoms with Crippen molar-refractivity contribution in [3.63, 3.8) is 0 Å². The van der Waals surface area contributed by atoms with Gasteiger partial charge in [-0.05, 0) is 39.0 Å². The lowest BCUT2D eigenvalue weighted by molar-refractivity contribution is 0.0289. The summed E-state index contributed by atoms with van der Waals surface area (Å²) in [5.74, 6) is 0.884. The molecule has 1 saturated carbocycles. The highest BCUT2D eigenvalue weighted by Crippen LogP contribution is 2.37. The van der Waals surface area contributed by atoms with Gasteiger partial charge < -0.3 is 10.5 Å². The van der Waals surface area contributed by atoms with Crippen LogP contribution in [0.2, 0.25) is 0 Å². The number of hydrogen-bond donors (Lipinski definition) is 1. The van der Waals surface area contributed by atoms with Crippen molar-refractivity contribution in [2.24, 2.45) is 11.7 Å². The first-order valence-electron chi connectivity index (χ1n) is 6.54. The minimum Gasteiger partial charge on any atom is -0.383 e. The van der Waals surface area contributed by atoms with E-state index >= 15 is 0 Å². The first kappa shape index (κ1) is 13.9. The molecule has 0 radical (unpaired) electrons. The summed E-state index contributed by atoms with van der Waals surface area (Å²) in [7, 11) is 1.77. The van der Waals surface area contributed by atoms with Crippen LogP contribution in [-0.4, -0.2) is 43.3 Å². The molecule has 0 saturated heterocycles. The fourth-order valence-corrected chi connectivity index (χ4v) is 2.45. The Hall–Kier alpha value is -0.120. The van der Waals surface area contributed by atoms with E-state index in [-0.39, 0.29) is 5.54 Å². The summed E-state index contributed by atoms with van der Waals surface area (Å²) in [6.07, 6.45) is 3.87. The molecule has 0 aromatic carbocycles. The van der Waals surface area contributed by atoms with E-state index in [1.165, 1.54) is 12.8 Å². The van der Waals surface area contributed by atoms with Gasteiger partial charge in [0, 0.05) is 31.8 Å². The van der Waals surface area contributed by atoms with Gasteiger partial charge in [-0.1, -0.05) is 6.92 Å². The number of nitrogens with zero attached hydrogens (tertiary/aromatic N) is 1. The smallest absolute Gasteiger partial charge is 0.0590 e. The number of hydrogen-bond acceptors (Lipinski definition) is 3. The van der Waals surface area contributed by atoms with Gasteiger partial charge in [0.05, 0.1) is 6.61 Å². The van der Waals surface area contributed by atoms with Gasteiger partial charge in [-0.2, -0.15) is 0 Å². The summed E-state index contributed by atoms with van der Waals surface area (Å²) < 4.78 is 5.22. The van der Waals surface area contributed by atoms with Gasteiger partial charge in [0.15, 0.2) is 0 Å². The van der Waals surface area contributed by atoms with Crippen molar-refractivity contribution in [1.82, 2.24) is 4.90 Å². The average Bonchev–Trinajstić information content (AvgIpc) is 3.12. The van der Waals surface area contributed by atoms with Gasteiger partial charge in [0.25, 0.3) is 0 Å². The lowest BCUT2D eigenvalue weighted by Crippen LogP contribution is -2.56. The van der Waals surface area contributed by atoms with E-state index in [0.29, 0.717) is 6.04 Å². The summed E-state index contributed by atoms with van der Waals surface area (Å²) in [4.78, 5) is 2.56. The van der Waals surface area contributed by atoms with Crippen LogP contribution in [0.4, 0.5) is 0 Å². The molecule has 0 heterocycles. The SMILES string of the molecule is CCC(C)(CN)N(CCOC)C(C)C1CC1. The molecule has 3 nitrogen and oxygen atoms in total. The fourth-order valence-electron chi connectivity index (χ4n) is 2.45. The Kier molecular flexibility index (Phi) is 5.22. The van der Waals surface area contributed by atoms with Crippen LogP contribution in [-0.2, 0) is 4.74 Å². The quantitative estimate of drug-likeness (QED) is 0.689. The van der Waals surface area contributed by atoms with Crippen LogP contribution < -0.4 is 5.73 Å². The van der Waals surface area contributed by atoms with Crippen LogP contribution in [0, 0.1) is 5.92 Å². The predicted octanol–water partition coefficient (Wildman–Crippen LogP) is 1.86. The van der Waals surface area contributed by atoms with E-state index in [2.05, 4.69) is 25.7 Å². The maximum absolute atomic E-state index is 5.97. The minimum atomic E-state index is 0.126. The zero-order valence-electron chi connectivity index (χ0n) is 11.3. The third-order valence-electron chi connectivity index (χ3n) is 4.23.